The molecule has 0 saturated heterocycles. The molecule has 0 bridgehead atoms. The Morgan fingerprint density at radius 1 is 0.895 bits per heavy atom. The Kier molecular flexibility index (Phi) is 16.9. The van der Waals surface area contributed by atoms with Gasteiger partial charge in [-0.2, -0.15) is 5.10 Å². The number of hydrogen-bond acceptors (Lipinski definition) is 8. The van der Waals surface area contributed by atoms with Gasteiger partial charge in [0.15, 0.2) is 11.5 Å². The van der Waals surface area contributed by atoms with Crippen LogP contribution in [0.3, 0.4) is 0 Å². The zero-order chi connectivity index (χ0) is 27.3. The predicted molar refractivity (Wildman–Crippen MR) is 158 cm³/mol. The fraction of sp³-hybridized carbons (Fsp3) is 0.633. The highest BCUT2D eigenvalue weighted by molar-refractivity contribution is 7.13. The van der Waals surface area contributed by atoms with Gasteiger partial charge in [-0.1, -0.05) is 78.1 Å². The second-order valence-electron chi connectivity index (χ2n) is 9.43. The molecule has 0 unspecified atom stereocenters. The summed E-state index contributed by atoms with van der Waals surface area (Å²) in [5.41, 5.74) is 4.52. The molecule has 212 valence electrons. The lowest BCUT2D eigenvalue weighted by atomic mass is 10.1. The molecule has 0 amide bonds. The van der Waals surface area contributed by atoms with Crippen molar-refractivity contribution in [1.29, 1.82) is 0 Å². The second kappa shape index (κ2) is 20.4. The number of aromatic nitrogens is 1. The van der Waals surface area contributed by atoms with E-state index in [1.54, 1.807) is 13.1 Å². The third-order valence-electron chi connectivity index (χ3n) is 6.04. The summed E-state index contributed by atoms with van der Waals surface area (Å²) >= 11 is 1.40. The van der Waals surface area contributed by atoms with Crippen molar-refractivity contribution in [2.45, 2.75) is 104 Å². The number of hydrogen-bond donors (Lipinski definition) is 1. The maximum Gasteiger partial charge on any atom is 0.311 e. The van der Waals surface area contributed by atoms with Gasteiger partial charge < -0.3 is 14.2 Å². The molecule has 38 heavy (non-hydrogen) atoms. The quantitative estimate of drug-likeness (QED) is 0.0695. The smallest absolute Gasteiger partial charge is 0.311 e. The van der Waals surface area contributed by atoms with Crippen molar-refractivity contribution < 1.29 is 19.0 Å². The monoisotopic (exact) mass is 545 g/mol. The molecule has 1 N–H and O–H groups in total. The molecule has 1 aromatic carbocycles. The van der Waals surface area contributed by atoms with Crippen LogP contribution in [0.25, 0.3) is 0 Å². The van der Waals surface area contributed by atoms with Crippen molar-refractivity contribution in [3.63, 3.8) is 0 Å². The van der Waals surface area contributed by atoms with Gasteiger partial charge in [0.1, 0.15) is 0 Å². The summed E-state index contributed by atoms with van der Waals surface area (Å²) in [5, 5.41) is 6.78. The minimum atomic E-state index is -0.278. The lowest BCUT2D eigenvalue weighted by Gasteiger charge is -2.14. The van der Waals surface area contributed by atoms with Gasteiger partial charge in [0, 0.05) is 5.38 Å². The zero-order valence-electron chi connectivity index (χ0n) is 23.6. The first-order valence-corrected chi connectivity index (χ1v) is 15.3. The average molecular weight is 546 g/mol. The summed E-state index contributed by atoms with van der Waals surface area (Å²) in [6, 6.07) is 5.93. The summed E-state index contributed by atoms with van der Waals surface area (Å²) in [4.78, 5) is 16.0. The molecule has 2 rings (SSSR count). The molecule has 0 atom stereocenters. The van der Waals surface area contributed by atoms with Gasteiger partial charge in [-0.15, -0.1) is 11.3 Å². The minimum absolute atomic E-state index is 0.162. The van der Waals surface area contributed by atoms with E-state index in [1.165, 1.54) is 75.5 Å². The average Bonchev–Trinajstić information content (AvgIpc) is 3.35. The van der Waals surface area contributed by atoms with Gasteiger partial charge in [0.2, 0.25) is 5.13 Å². The maximum atomic E-state index is 11.6. The number of thiazole rings is 1. The molecule has 0 radical (unpaired) electrons. The molecule has 0 aliphatic heterocycles. The number of carbonyl (C=O) groups is 1. The van der Waals surface area contributed by atoms with E-state index >= 15 is 0 Å². The summed E-state index contributed by atoms with van der Waals surface area (Å²) in [7, 11) is 0. The van der Waals surface area contributed by atoms with Crippen molar-refractivity contribution in [3.05, 3.63) is 34.8 Å². The molecule has 0 spiro atoms. The minimum Gasteiger partial charge on any atom is -0.490 e. The van der Waals surface area contributed by atoms with E-state index in [1.807, 2.05) is 23.6 Å². The highest BCUT2D eigenvalue weighted by atomic mass is 32.1. The second-order valence-corrected chi connectivity index (χ2v) is 10.3. The van der Waals surface area contributed by atoms with Gasteiger partial charge in [-0.3, -0.25) is 10.2 Å². The van der Waals surface area contributed by atoms with E-state index in [2.05, 4.69) is 29.4 Å². The summed E-state index contributed by atoms with van der Waals surface area (Å²) < 4.78 is 17.2. The van der Waals surface area contributed by atoms with Crippen LogP contribution >= 0.6 is 11.3 Å². The molecule has 1 aromatic heterocycles. The molecule has 0 aliphatic carbocycles. The number of benzene rings is 1. The van der Waals surface area contributed by atoms with Crippen molar-refractivity contribution in [2.75, 3.05) is 25.2 Å². The van der Waals surface area contributed by atoms with Gasteiger partial charge >= 0.3 is 5.97 Å². The first-order valence-electron chi connectivity index (χ1n) is 14.4. The van der Waals surface area contributed by atoms with Crippen LogP contribution in [0.2, 0.25) is 0 Å². The SMILES string of the molecule is CCCCCCCCOc1ccc(C=NNc2nc(CC(=O)OCC)cs2)cc1OCCCCCCCC. The topological polar surface area (TPSA) is 82.0 Å². The molecule has 1 heterocycles. The van der Waals surface area contributed by atoms with Crippen molar-refractivity contribution >= 4 is 28.7 Å². The number of nitrogens with zero attached hydrogens (tertiary/aromatic N) is 2. The molecule has 8 heteroatoms. The van der Waals surface area contributed by atoms with E-state index in [9.17, 15) is 4.79 Å². The molecule has 2 aromatic rings. The van der Waals surface area contributed by atoms with Crippen LogP contribution in [0.5, 0.6) is 11.5 Å². The Morgan fingerprint density at radius 2 is 1.53 bits per heavy atom. The predicted octanol–water partition coefficient (Wildman–Crippen LogP) is 8.17. The molecule has 0 aliphatic rings. The highest BCUT2D eigenvalue weighted by Crippen LogP contribution is 2.29. The van der Waals surface area contributed by atoms with Crippen LogP contribution in [0.1, 0.15) is 109 Å². The lowest BCUT2D eigenvalue weighted by molar-refractivity contribution is -0.142. The van der Waals surface area contributed by atoms with E-state index in [0.717, 1.165) is 29.9 Å². The number of esters is 1. The number of unbranched alkanes of at least 4 members (excludes halogenated alkanes) is 10. The number of rotatable bonds is 22. The van der Waals surface area contributed by atoms with Gasteiger partial charge in [-0.25, -0.2) is 4.98 Å². The van der Waals surface area contributed by atoms with Gasteiger partial charge in [-0.05, 0) is 43.5 Å². The molecule has 7 nitrogen and oxygen atoms in total. The summed E-state index contributed by atoms with van der Waals surface area (Å²) in [6.45, 7) is 8.02. The summed E-state index contributed by atoms with van der Waals surface area (Å²) in [5.74, 6) is 1.28. The highest BCUT2D eigenvalue weighted by Gasteiger charge is 2.09. The molecule has 0 saturated carbocycles. The van der Waals surface area contributed by atoms with Crippen LogP contribution in [0, 0.1) is 0 Å². The van der Waals surface area contributed by atoms with Gasteiger partial charge in [0.05, 0.1) is 38.1 Å². The fourth-order valence-corrected chi connectivity index (χ4v) is 4.59. The Morgan fingerprint density at radius 3 is 2.18 bits per heavy atom. The number of hydrazone groups is 1. The maximum absolute atomic E-state index is 11.6. The van der Waals surface area contributed by atoms with E-state index in [-0.39, 0.29) is 12.4 Å². The Labute approximate surface area is 233 Å². The number of carbonyl (C=O) groups excluding carboxylic acids is 1. The Hall–Kier alpha value is -2.61. The molecular weight excluding hydrogens is 498 g/mol. The van der Waals surface area contributed by atoms with Crippen molar-refractivity contribution in [3.8, 4) is 11.5 Å². The Bertz CT molecular complexity index is 932. The van der Waals surface area contributed by atoms with E-state index in [4.69, 9.17) is 14.2 Å². The van der Waals surface area contributed by atoms with Crippen molar-refractivity contribution in [2.24, 2.45) is 5.10 Å². The lowest BCUT2D eigenvalue weighted by Crippen LogP contribution is -2.07. The van der Waals surface area contributed by atoms with Crippen LogP contribution in [0.15, 0.2) is 28.7 Å². The van der Waals surface area contributed by atoms with Crippen LogP contribution < -0.4 is 14.9 Å². The molecular formula is C30H47N3O4S. The molecule has 0 fully saturated rings. The Balaban J connectivity index is 1.90. The zero-order valence-corrected chi connectivity index (χ0v) is 24.5. The number of anilines is 1. The standard InChI is InChI=1S/C30H47N3O4S/c1-4-7-9-11-13-15-19-36-27-18-17-25(21-28(27)37-20-16-14-12-10-8-5-2)23-31-33-30-32-26(24-38-30)22-29(34)35-6-3/h17-18,21,23-24H,4-16,19-20,22H2,1-3H3,(H,32,33). The third kappa shape index (κ3) is 13.8. The van der Waals surface area contributed by atoms with Crippen LogP contribution in [-0.4, -0.2) is 37.0 Å². The van der Waals surface area contributed by atoms with Crippen LogP contribution in [0.4, 0.5) is 5.13 Å². The third-order valence-corrected chi connectivity index (χ3v) is 6.83. The van der Waals surface area contributed by atoms with Crippen LogP contribution in [-0.2, 0) is 16.0 Å². The normalized spacial score (nSPS) is 11.1. The number of ether oxygens (including phenoxy) is 3. The summed E-state index contributed by atoms with van der Waals surface area (Å²) in [6.07, 6.45) is 16.7. The van der Waals surface area contributed by atoms with E-state index < -0.39 is 0 Å². The first kappa shape index (κ1) is 31.6. The van der Waals surface area contributed by atoms with E-state index in [0.29, 0.717) is 30.6 Å². The number of nitrogens with one attached hydrogen (secondary N) is 1. The first-order chi connectivity index (χ1) is 18.7. The fourth-order valence-electron chi connectivity index (χ4n) is 3.93. The van der Waals surface area contributed by atoms with Crippen molar-refractivity contribution in [1.82, 2.24) is 4.98 Å². The van der Waals surface area contributed by atoms with Gasteiger partial charge in [0.25, 0.3) is 0 Å². The largest absolute Gasteiger partial charge is 0.490 e.